The van der Waals surface area contributed by atoms with E-state index in [1.165, 1.54) is 6.07 Å². The Hall–Kier alpha value is -1.86. The second kappa shape index (κ2) is 6.35. The van der Waals surface area contributed by atoms with Gasteiger partial charge in [0, 0.05) is 18.2 Å². The smallest absolute Gasteiger partial charge is 0.295 e. The van der Waals surface area contributed by atoms with Crippen molar-refractivity contribution in [2.45, 2.75) is 13.8 Å². The van der Waals surface area contributed by atoms with E-state index in [2.05, 4.69) is 10.7 Å². The lowest BCUT2D eigenvalue weighted by atomic mass is 10.1. The maximum atomic E-state index is 11.8. The van der Waals surface area contributed by atoms with Crippen molar-refractivity contribution in [3.05, 3.63) is 32.8 Å². The Morgan fingerprint density at radius 1 is 1.53 bits per heavy atom. The minimum absolute atomic E-state index is 0.0198. The van der Waals surface area contributed by atoms with Crippen LogP contribution in [0, 0.1) is 16.0 Å². The zero-order valence-corrected chi connectivity index (χ0v) is 11.3. The van der Waals surface area contributed by atoms with Crippen LogP contribution in [0.2, 0.25) is 5.02 Å². The number of amides is 1. The number of hydrogen-bond acceptors (Lipinski definition) is 5. The molecule has 0 radical (unpaired) electrons. The van der Waals surface area contributed by atoms with Crippen molar-refractivity contribution in [1.29, 1.82) is 0 Å². The van der Waals surface area contributed by atoms with Crippen molar-refractivity contribution in [1.82, 2.24) is 5.32 Å². The van der Waals surface area contributed by atoms with E-state index in [9.17, 15) is 14.9 Å². The molecule has 0 atom stereocenters. The Bertz CT molecular complexity index is 505. The van der Waals surface area contributed by atoms with Gasteiger partial charge >= 0.3 is 0 Å². The molecule has 1 aromatic carbocycles. The quantitative estimate of drug-likeness (QED) is 0.435. The molecule has 4 N–H and O–H groups in total. The van der Waals surface area contributed by atoms with Crippen molar-refractivity contribution in [3.8, 4) is 0 Å². The van der Waals surface area contributed by atoms with Crippen molar-refractivity contribution < 1.29 is 9.72 Å². The molecule has 7 nitrogen and oxygen atoms in total. The summed E-state index contributed by atoms with van der Waals surface area (Å²) in [7, 11) is 0. The molecular formula is C11H15ClN4O3. The molecular weight excluding hydrogens is 272 g/mol. The molecule has 0 bridgehead atoms. The van der Waals surface area contributed by atoms with Crippen LogP contribution in [0.5, 0.6) is 0 Å². The Morgan fingerprint density at radius 2 is 2.16 bits per heavy atom. The van der Waals surface area contributed by atoms with E-state index < -0.39 is 10.8 Å². The Morgan fingerprint density at radius 3 is 2.63 bits per heavy atom. The number of hydrazine groups is 1. The molecule has 0 saturated carbocycles. The van der Waals surface area contributed by atoms with E-state index in [1.54, 1.807) is 0 Å². The molecule has 1 amide bonds. The predicted octanol–water partition coefficient (Wildman–Crippen LogP) is 1.92. The van der Waals surface area contributed by atoms with Crippen molar-refractivity contribution in [2.75, 3.05) is 12.0 Å². The maximum absolute atomic E-state index is 11.8. The van der Waals surface area contributed by atoms with Crippen molar-refractivity contribution >= 4 is 28.9 Å². The number of hydrogen-bond donors (Lipinski definition) is 3. The van der Waals surface area contributed by atoms with Gasteiger partial charge in [-0.25, -0.2) is 0 Å². The number of carbonyl (C=O) groups is 1. The molecule has 0 unspecified atom stereocenters. The van der Waals surface area contributed by atoms with E-state index in [1.807, 2.05) is 13.8 Å². The summed E-state index contributed by atoms with van der Waals surface area (Å²) in [4.78, 5) is 22.1. The van der Waals surface area contributed by atoms with Gasteiger partial charge in [-0.2, -0.15) is 0 Å². The number of nitrogens with one attached hydrogen (secondary N) is 2. The Kier molecular flexibility index (Phi) is 5.08. The van der Waals surface area contributed by atoms with Crippen LogP contribution < -0.4 is 16.6 Å². The molecule has 0 aromatic heterocycles. The third-order valence-corrected chi connectivity index (χ3v) is 2.64. The number of nitro groups is 1. The van der Waals surface area contributed by atoms with Gasteiger partial charge in [-0.15, -0.1) is 0 Å². The van der Waals surface area contributed by atoms with Gasteiger partial charge in [-0.3, -0.25) is 20.8 Å². The third kappa shape index (κ3) is 3.80. The van der Waals surface area contributed by atoms with Crippen LogP contribution in [0.25, 0.3) is 0 Å². The summed E-state index contributed by atoms with van der Waals surface area (Å²) in [6.45, 7) is 4.36. The highest BCUT2D eigenvalue weighted by atomic mass is 35.5. The Labute approximate surface area is 115 Å². The maximum Gasteiger partial charge on any atom is 0.295 e. The van der Waals surface area contributed by atoms with E-state index in [0.29, 0.717) is 6.54 Å². The average Bonchev–Trinajstić information content (AvgIpc) is 2.34. The third-order valence-electron chi connectivity index (χ3n) is 2.34. The van der Waals surface area contributed by atoms with Crippen LogP contribution >= 0.6 is 11.6 Å². The highest BCUT2D eigenvalue weighted by Gasteiger charge is 2.20. The van der Waals surface area contributed by atoms with E-state index in [-0.39, 0.29) is 27.9 Å². The summed E-state index contributed by atoms with van der Waals surface area (Å²) >= 11 is 5.86. The predicted molar refractivity (Wildman–Crippen MR) is 73.1 cm³/mol. The minimum Gasteiger partial charge on any atom is -0.352 e. The minimum atomic E-state index is -0.652. The molecule has 104 valence electrons. The summed E-state index contributed by atoms with van der Waals surface area (Å²) in [5.41, 5.74) is 1.91. The lowest BCUT2D eigenvalue weighted by Gasteiger charge is -2.10. The first-order valence-electron chi connectivity index (χ1n) is 5.59. The standard InChI is InChI=1S/C11H15ClN4O3/c1-6(2)5-14-11(17)7-3-8(12)10(15-13)9(4-7)16(18)19/h3-4,6,15H,5,13H2,1-2H3,(H,14,17). The largest absolute Gasteiger partial charge is 0.352 e. The zero-order valence-electron chi connectivity index (χ0n) is 10.6. The van der Waals surface area contributed by atoms with Gasteiger partial charge in [0.1, 0.15) is 5.69 Å². The normalized spacial score (nSPS) is 10.4. The van der Waals surface area contributed by atoms with Gasteiger partial charge in [-0.1, -0.05) is 25.4 Å². The lowest BCUT2D eigenvalue weighted by Crippen LogP contribution is -2.27. The van der Waals surface area contributed by atoms with Crippen LogP contribution in [0.3, 0.4) is 0 Å². The molecule has 1 rings (SSSR count). The first-order valence-corrected chi connectivity index (χ1v) is 5.97. The number of nitrogen functional groups attached to an aromatic ring is 1. The molecule has 8 heteroatoms. The van der Waals surface area contributed by atoms with Gasteiger partial charge in [-0.05, 0) is 12.0 Å². The fourth-order valence-corrected chi connectivity index (χ4v) is 1.68. The van der Waals surface area contributed by atoms with Gasteiger partial charge in [0.15, 0.2) is 0 Å². The summed E-state index contributed by atoms with van der Waals surface area (Å²) in [5, 5.41) is 13.6. The molecule has 0 heterocycles. The number of benzene rings is 1. The molecule has 0 aliphatic carbocycles. The monoisotopic (exact) mass is 286 g/mol. The number of anilines is 1. The molecule has 0 spiro atoms. The van der Waals surface area contributed by atoms with Gasteiger partial charge in [0.2, 0.25) is 0 Å². The number of halogens is 1. The summed E-state index contributed by atoms with van der Waals surface area (Å²) in [5.74, 6) is 5.04. The second-order valence-corrected chi connectivity index (χ2v) is 4.76. The lowest BCUT2D eigenvalue weighted by molar-refractivity contribution is -0.384. The number of carbonyl (C=O) groups excluding carboxylic acids is 1. The topological polar surface area (TPSA) is 110 Å². The van der Waals surface area contributed by atoms with Crippen LogP contribution in [0.15, 0.2) is 12.1 Å². The molecule has 0 aliphatic rings. The molecule has 0 saturated heterocycles. The summed E-state index contributed by atoms with van der Waals surface area (Å²) in [6, 6.07) is 2.47. The zero-order chi connectivity index (χ0) is 14.6. The van der Waals surface area contributed by atoms with Gasteiger partial charge in [0.25, 0.3) is 11.6 Å². The number of nitro benzene ring substituents is 1. The van der Waals surface area contributed by atoms with Crippen LogP contribution in [-0.2, 0) is 0 Å². The molecule has 0 fully saturated rings. The van der Waals surface area contributed by atoms with E-state index in [0.717, 1.165) is 6.07 Å². The first kappa shape index (κ1) is 15.2. The highest BCUT2D eigenvalue weighted by molar-refractivity contribution is 6.34. The number of nitrogens with two attached hydrogens (primary N) is 1. The fraction of sp³-hybridized carbons (Fsp3) is 0.364. The van der Waals surface area contributed by atoms with Gasteiger partial charge in [0.05, 0.1) is 9.95 Å². The summed E-state index contributed by atoms with van der Waals surface area (Å²) in [6.07, 6.45) is 0. The fourth-order valence-electron chi connectivity index (χ4n) is 1.41. The van der Waals surface area contributed by atoms with E-state index in [4.69, 9.17) is 17.4 Å². The number of rotatable bonds is 5. The molecule has 0 aliphatic heterocycles. The van der Waals surface area contributed by atoms with Gasteiger partial charge < -0.3 is 10.7 Å². The average molecular weight is 287 g/mol. The highest BCUT2D eigenvalue weighted by Crippen LogP contribution is 2.32. The molecule has 1 aromatic rings. The van der Waals surface area contributed by atoms with Crippen LogP contribution in [0.1, 0.15) is 24.2 Å². The molecule has 19 heavy (non-hydrogen) atoms. The second-order valence-electron chi connectivity index (χ2n) is 4.36. The first-order chi connectivity index (χ1) is 8.86. The SMILES string of the molecule is CC(C)CNC(=O)c1cc(Cl)c(NN)c([N+](=O)[O-])c1. The van der Waals surface area contributed by atoms with E-state index >= 15 is 0 Å². The van der Waals surface area contributed by atoms with Crippen LogP contribution in [0.4, 0.5) is 11.4 Å². The van der Waals surface area contributed by atoms with Crippen molar-refractivity contribution in [3.63, 3.8) is 0 Å². The van der Waals surface area contributed by atoms with Crippen molar-refractivity contribution in [2.24, 2.45) is 11.8 Å². The summed E-state index contributed by atoms with van der Waals surface area (Å²) < 4.78 is 0. The number of nitrogens with zero attached hydrogens (tertiary/aromatic N) is 1. The Balaban J connectivity index is 3.10. The van der Waals surface area contributed by atoms with Crippen LogP contribution in [-0.4, -0.2) is 17.4 Å².